The molecule has 0 aromatic carbocycles. The van der Waals surface area contributed by atoms with Crippen molar-refractivity contribution in [3.63, 3.8) is 0 Å². The maximum atomic E-state index is 13.0. The average Bonchev–Trinajstić information content (AvgIpc) is 3.03. The van der Waals surface area contributed by atoms with Crippen LogP contribution >= 0.6 is 27.3 Å². The molecule has 2 N–H and O–H groups in total. The van der Waals surface area contributed by atoms with Crippen molar-refractivity contribution >= 4 is 49.0 Å². The summed E-state index contributed by atoms with van der Waals surface area (Å²) in [5, 5.41) is 19.2. The third-order valence-corrected chi connectivity index (χ3v) is 10.0. The summed E-state index contributed by atoms with van der Waals surface area (Å²) in [6.45, 7) is 0.763. The van der Waals surface area contributed by atoms with Gasteiger partial charge in [0, 0.05) is 18.2 Å². The number of aliphatic carboxylic acids is 1. The van der Waals surface area contributed by atoms with Crippen LogP contribution < -0.4 is 0 Å². The first kappa shape index (κ1) is 16.8. The van der Waals surface area contributed by atoms with E-state index in [-0.39, 0.29) is 11.4 Å². The number of aromatic nitrogens is 1. The van der Waals surface area contributed by atoms with Gasteiger partial charge in [0.2, 0.25) is 0 Å². The number of amides is 1. The molecule has 0 spiro atoms. The van der Waals surface area contributed by atoms with Gasteiger partial charge in [0.1, 0.15) is 15.8 Å². The highest BCUT2D eigenvalue weighted by atomic mass is 79.9. The van der Waals surface area contributed by atoms with E-state index in [9.17, 15) is 28.2 Å². The Morgan fingerprint density at radius 2 is 2.22 bits per heavy atom. The standard InChI is InChI=1S/C12H13BrN2O6S2/c1-11(2-4-16)6(7(17)18)15-9(19)12(13,8-14-3-5-22-8)10(15)23(11,20)21/h3,5-6,10,16H,2,4H2,1H3,(H,17,18)/t6-,10+,11?,12?/m0/s1. The molecule has 3 heterocycles. The van der Waals surface area contributed by atoms with E-state index in [2.05, 4.69) is 20.9 Å². The van der Waals surface area contributed by atoms with Crippen LogP contribution in [-0.4, -0.2) is 63.2 Å². The van der Waals surface area contributed by atoms with Crippen LogP contribution in [0.4, 0.5) is 0 Å². The van der Waals surface area contributed by atoms with E-state index < -0.39 is 48.8 Å². The molecule has 11 heteroatoms. The predicted molar refractivity (Wildman–Crippen MR) is 83.8 cm³/mol. The molecule has 8 nitrogen and oxygen atoms in total. The Hall–Kier alpha value is -1.04. The molecule has 23 heavy (non-hydrogen) atoms. The number of halogens is 1. The van der Waals surface area contributed by atoms with Crippen molar-refractivity contribution in [1.29, 1.82) is 0 Å². The molecule has 3 rings (SSSR count). The van der Waals surface area contributed by atoms with E-state index in [1.165, 1.54) is 13.1 Å². The van der Waals surface area contributed by atoms with E-state index in [1.54, 1.807) is 5.38 Å². The molecule has 126 valence electrons. The Morgan fingerprint density at radius 1 is 1.57 bits per heavy atom. The summed E-state index contributed by atoms with van der Waals surface area (Å²) >= 11 is 4.32. The molecule has 0 saturated carbocycles. The average molecular weight is 425 g/mol. The lowest BCUT2D eigenvalue weighted by atomic mass is 9.89. The van der Waals surface area contributed by atoms with Crippen molar-refractivity contribution in [3.8, 4) is 0 Å². The molecular weight excluding hydrogens is 412 g/mol. The minimum atomic E-state index is -4.07. The fourth-order valence-electron chi connectivity index (χ4n) is 3.33. The van der Waals surface area contributed by atoms with Crippen molar-refractivity contribution in [1.82, 2.24) is 9.88 Å². The number of nitrogens with zero attached hydrogens (tertiary/aromatic N) is 2. The molecule has 4 atom stereocenters. The van der Waals surface area contributed by atoms with Crippen LogP contribution in [0.25, 0.3) is 0 Å². The van der Waals surface area contributed by atoms with Gasteiger partial charge in [0.25, 0.3) is 5.91 Å². The van der Waals surface area contributed by atoms with Gasteiger partial charge in [-0.15, -0.1) is 11.3 Å². The quantitative estimate of drug-likeness (QED) is 0.511. The van der Waals surface area contributed by atoms with Crippen molar-refractivity contribution in [2.75, 3.05) is 6.61 Å². The number of carbonyl (C=O) groups excluding carboxylic acids is 1. The Bertz CT molecular complexity index is 781. The van der Waals surface area contributed by atoms with Crippen LogP contribution in [0, 0.1) is 0 Å². The van der Waals surface area contributed by atoms with Gasteiger partial charge in [-0.05, 0) is 13.3 Å². The van der Waals surface area contributed by atoms with Crippen molar-refractivity contribution in [2.24, 2.45) is 0 Å². The summed E-state index contributed by atoms with van der Waals surface area (Å²) in [7, 11) is -4.07. The first-order valence-corrected chi connectivity index (χ1v) is 9.84. The van der Waals surface area contributed by atoms with Gasteiger partial charge in [-0.25, -0.2) is 18.2 Å². The van der Waals surface area contributed by atoms with Crippen molar-refractivity contribution < 1.29 is 28.2 Å². The zero-order chi connectivity index (χ0) is 17.2. The van der Waals surface area contributed by atoms with Crippen molar-refractivity contribution in [3.05, 3.63) is 16.6 Å². The topological polar surface area (TPSA) is 125 Å². The van der Waals surface area contributed by atoms with Crippen LogP contribution in [0.1, 0.15) is 18.4 Å². The number of sulfone groups is 1. The van der Waals surface area contributed by atoms with E-state index in [1.807, 2.05) is 0 Å². The summed E-state index contributed by atoms with van der Waals surface area (Å²) in [6, 6.07) is -1.54. The molecular formula is C12H13BrN2O6S2. The lowest BCUT2D eigenvalue weighted by Crippen LogP contribution is -2.70. The first-order valence-electron chi connectivity index (χ1n) is 6.62. The zero-order valence-electron chi connectivity index (χ0n) is 11.8. The molecule has 1 aromatic heterocycles. The van der Waals surface area contributed by atoms with Gasteiger partial charge in [0.15, 0.2) is 19.5 Å². The molecule has 0 aliphatic carbocycles. The van der Waals surface area contributed by atoms with E-state index in [4.69, 9.17) is 0 Å². The van der Waals surface area contributed by atoms with Gasteiger partial charge in [-0.1, -0.05) is 15.9 Å². The summed E-state index contributed by atoms with van der Waals surface area (Å²) in [5.41, 5.74) is 0. The smallest absolute Gasteiger partial charge is 0.328 e. The molecule has 1 aromatic rings. The number of carboxylic acid groups (broad SMARTS) is 1. The van der Waals surface area contributed by atoms with E-state index in [0.29, 0.717) is 0 Å². The third-order valence-electron chi connectivity index (χ3n) is 4.52. The second-order valence-electron chi connectivity index (χ2n) is 5.69. The Labute approximate surface area is 144 Å². The van der Waals surface area contributed by atoms with E-state index in [0.717, 1.165) is 16.2 Å². The fraction of sp³-hybridized carbons (Fsp3) is 0.583. The second-order valence-corrected chi connectivity index (χ2v) is 10.3. The fourth-order valence-corrected chi connectivity index (χ4v) is 8.26. The maximum Gasteiger partial charge on any atom is 0.328 e. The number of β-lactam (4-membered cyclic amide) rings is 1. The molecule has 2 aliphatic heterocycles. The highest BCUT2D eigenvalue weighted by molar-refractivity contribution is 9.10. The van der Waals surface area contributed by atoms with E-state index >= 15 is 0 Å². The number of fused-ring (bicyclic) bond motifs is 1. The largest absolute Gasteiger partial charge is 0.480 e. The number of aliphatic hydroxyl groups is 1. The van der Waals surface area contributed by atoms with Crippen LogP contribution in [0.15, 0.2) is 11.6 Å². The van der Waals surface area contributed by atoms with Crippen LogP contribution in [0.3, 0.4) is 0 Å². The monoisotopic (exact) mass is 424 g/mol. The summed E-state index contributed by atoms with van der Waals surface area (Å²) < 4.78 is 22.7. The van der Waals surface area contributed by atoms with Gasteiger partial charge in [-0.2, -0.15) is 0 Å². The number of carbonyl (C=O) groups is 2. The van der Waals surface area contributed by atoms with Gasteiger partial charge in [0.05, 0.1) is 0 Å². The van der Waals surface area contributed by atoms with Gasteiger partial charge < -0.3 is 15.1 Å². The molecule has 2 fully saturated rings. The number of rotatable bonds is 4. The zero-order valence-corrected chi connectivity index (χ0v) is 15.1. The number of aliphatic hydroxyl groups excluding tert-OH is 1. The summed E-state index contributed by atoms with van der Waals surface area (Å²) in [4.78, 5) is 29.1. The number of hydrogen-bond donors (Lipinski definition) is 2. The van der Waals surface area contributed by atoms with Crippen LogP contribution in [-0.2, 0) is 23.8 Å². The SMILES string of the molecule is CC1(CCO)[C@H](C(=O)O)N2C(=O)C(Br)(c3nccs3)[C@H]2S1(=O)=O. The predicted octanol–water partition coefficient (Wildman–Crippen LogP) is -0.0757. The highest BCUT2D eigenvalue weighted by Gasteiger charge is 2.80. The lowest BCUT2D eigenvalue weighted by molar-refractivity contribution is -0.161. The number of alkyl halides is 1. The Balaban J connectivity index is 2.20. The highest BCUT2D eigenvalue weighted by Crippen LogP contribution is 2.59. The first-order chi connectivity index (χ1) is 10.6. The molecule has 1 amide bonds. The molecule has 2 unspecified atom stereocenters. The number of thiazole rings is 1. The second kappa shape index (κ2) is 4.98. The van der Waals surface area contributed by atoms with Crippen LogP contribution in [0.5, 0.6) is 0 Å². The molecule has 2 aliphatic rings. The number of carboxylic acids is 1. The minimum Gasteiger partial charge on any atom is -0.480 e. The Kier molecular flexibility index (Phi) is 3.64. The summed E-state index contributed by atoms with van der Waals surface area (Å²) in [5.74, 6) is -2.05. The number of hydrogen-bond acceptors (Lipinski definition) is 7. The molecule has 0 radical (unpaired) electrons. The van der Waals surface area contributed by atoms with Gasteiger partial charge >= 0.3 is 5.97 Å². The Morgan fingerprint density at radius 3 is 2.70 bits per heavy atom. The normalized spacial score (nSPS) is 38.2. The third kappa shape index (κ3) is 1.79. The lowest BCUT2D eigenvalue weighted by Gasteiger charge is -2.47. The summed E-state index contributed by atoms with van der Waals surface area (Å²) in [6.07, 6.45) is 1.18. The minimum absolute atomic E-state index is 0.268. The molecule has 2 saturated heterocycles. The molecule has 0 bridgehead atoms. The van der Waals surface area contributed by atoms with Crippen molar-refractivity contribution in [2.45, 2.75) is 33.8 Å². The van der Waals surface area contributed by atoms with Gasteiger partial charge in [-0.3, -0.25) is 4.79 Å². The van der Waals surface area contributed by atoms with Crippen LogP contribution in [0.2, 0.25) is 0 Å². The maximum absolute atomic E-state index is 13.0.